The topological polar surface area (TPSA) is 100 Å². The van der Waals surface area contributed by atoms with Gasteiger partial charge >= 0.3 is 0 Å². The molecule has 1 saturated carbocycles. The summed E-state index contributed by atoms with van der Waals surface area (Å²) in [4.78, 5) is 37.3. The largest absolute Gasteiger partial charge is 0.396 e. The molecule has 1 aliphatic rings. The first kappa shape index (κ1) is 19.8. The van der Waals surface area contributed by atoms with Crippen molar-refractivity contribution >= 4 is 11.8 Å². The summed E-state index contributed by atoms with van der Waals surface area (Å²) in [5.41, 5.74) is 0.419. The van der Waals surface area contributed by atoms with Crippen LogP contribution in [0.5, 0.6) is 0 Å². The zero-order chi connectivity index (χ0) is 20.4. The minimum atomic E-state index is -0.627. The van der Waals surface area contributed by atoms with Crippen molar-refractivity contribution in [3.63, 3.8) is 0 Å². The van der Waals surface area contributed by atoms with Crippen molar-refractivity contribution in [1.82, 2.24) is 15.2 Å². The molecule has 1 fully saturated rings. The molecule has 8 heteroatoms. The maximum absolute atomic E-state index is 14.1. The van der Waals surface area contributed by atoms with Gasteiger partial charge in [-0.3, -0.25) is 14.4 Å². The minimum Gasteiger partial charge on any atom is -0.396 e. The number of amides is 2. The number of pyridine rings is 1. The second-order valence-corrected chi connectivity index (χ2v) is 7.01. The molecule has 0 aliphatic heterocycles. The Hall–Kier alpha value is -3.00. The lowest BCUT2D eigenvalue weighted by molar-refractivity contribution is 0.0946. The lowest BCUT2D eigenvalue weighted by atomic mass is 10.1. The van der Waals surface area contributed by atoms with Crippen molar-refractivity contribution in [1.29, 1.82) is 0 Å². The Bertz CT molecular complexity index is 986. The molecule has 2 aromatic rings. The molecule has 1 aliphatic carbocycles. The fourth-order valence-corrected chi connectivity index (χ4v) is 3.06. The van der Waals surface area contributed by atoms with Gasteiger partial charge in [-0.05, 0) is 25.5 Å². The van der Waals surface area contributed by atoms with Crippen molar-refractivity contribution in [2.24, 2.45) is 5.92 Å². The van der Waals surface area contributed by atoms with E-state index in [9.17, 15) is 18.8 Å². The normalized spacial score (nSPS) is 17.9. The number of aryl methyl sites for hydroxylation is 1. The number of benzene rings is 1. The summed E-state index contributed by atoms with van der Waals surface area (Å²) in [6.45, 7) is 1.68. The van der Waals surface area contributed by atoms with E-state index >= 15 is 0 Å². The van der Waals surface area contributed by atoms with Crippen LogP contribution < -0.4 is 16.2 Å². The maximum Gasteiger partial charge on any atom is 0.263 e. The summed E-state index contributed by atoms with van der Waals surface area (Å²) in [6, 6.07) is 5.65. The molecule has 1 heterocycles. The maximum atomic E-state index is 14.1. The van der Waals surface area contributed by atoms with Crippen LogP contribution in [0.15, 0.2) is 35.3 Å². The molecule has 0 spiro atoms. The summed E-state index contributed by atoms with van der Waals surface area (Å²) in [5, 5.41) is 14.3. The smallest absolute Gasteiger partial charge is 0.263 e. The molecule has 0 unspecified atom stereocenters. The molecule has 148 valence electrons. The SMILES string of the molecule is CNC(=O)c1cc(C(=O)N[C@@H]2C[C@H]2CO)cn(Cc2cc(C)ccc2F)c1=O. The highest BCUT2D eigenvalue weighted by molar-refractivity contribution is 5.99. The van der Waals surface area contributed by atoms with Crippen LogP contribution in [0.1, 0.15) is 38.3 Å². The van der Waals surface area contributed by atoms with Gasteiger partial charge in [-0.2, -0.15) is 0 Å². The van der Waals surface area contributed by atoms with Crippen LogP contribution >= 0.6 is 0 Å². The highest BCUT2D eigenvalue weighted by atomic mass is 19.1. The van der Waals surface area contributed by atoms with Crippen LogP contribution in [-0.2, 0) is 6.54 Å². The van der Waals surface area contributed by atoms with Gasteiger partial charge in [-0.1, -0.05) is 17.7 Å². The number of carbonyl (C=O) groups excluding carboxylic acids is 2. The van der Waals surface area contributed by atoms with Crippen molar-refractivity contribution < 1.29 is 19.1 Å². The third kappa shape index (κ3) is 4.12. The van der Waals surface area contributed by atoms with Gasteiger partial charge in [-0.25, -0.2) is 4.39 Å². The Kier molecular flexibility index (Phi) is 5.60. The fraction of sp³-hybridized carbons (Fsp3) is 0.350. The Labute approximate surface area is 161 Å². The Morgan fingerprint density at radius 1 is 1.29 bits per heavy atom. The molecule has 3 rings (SSSR count). The number of hydrogen-bond acceptors (Lipinski definition) is 4. The summed E-state index contributed by atoms with van der Waals surface area (Å²) >= 11 is 0. The lowest BCUT2D eigenvalue weighted by Crippen LogP contribution is -2.34. The molecule has 3 N–H and O–H groups in total. The van der Waals surface area contributed by atoms with Crippen molar-refractivity contribution in [2.45, 2.75) is 25.9 Å². The molecule has 2 amide bonds. The molecular formula is C20H22FN3O4. The predicted molar refractivity (Wildman–Crippen MR) is 101 cm³/mol. The number of aromatic nitrogens is 1. The average Bonchev–Trinajstić information content (AvgIpc) is 3.43. The summed E-state index contributed by atoms with van der Waals surface area (Å²) in [7, 11) is 1.38. The molecule has 0 bridgehead atoms. The summed E-state index contributed by atoms with van der Waals surface area (Å²) in [5.74, 6) is -1.53. The highest BCUT2D eigenvalue weighted by Gasteiger charge is 2.37. The van der Waals surface area contributed by atoms with E-state index < -0.39 is 23.2 Å². The monoisotopic (exact) mass is 387 g/mol. The number of halogens is 1. The highest BCUT2D eigenvalue weighted by Crippen LogP contribution is 2.29. The van der Waals surface area contributed by atoms with Gasteiger partial charge in [-0.15, -0.1) is 0 Å². The van der Waals surface area contributed by atoms with Gasteiger partial charge in [0.2, 0.25) is 0 Å². The van der Waals surface area contributed by atoms with Gasteiger partial charge in [0.1, 0.15) is 11.4 Å². The number of aliphatic hydroxyl groups is 1. The third-order valence-electron chi connectivity index (χ3n) is 4.84. The van der Waals surface area contributed by atoms with E-state index in [4.69, 9.17) is 5.11 Å². The van der Waals surface area contributed by atoms with E-state index in [2.05, 4.69) is 10.6 Å². The zero-order valence-corrected chi connectivity index (χ0v) is 15.7. The lowest BCUT2D eigenvalue weighted by Gasteiger charge is -2.13. The average molecular weight is 387 g/mol. The number of nitrogens with zero attached hydrogens (tertiary/aromatic N) is 1. The van der Waals surface area contributed by atoms with Crippen molar-refractivity contribution in [3.05, 3.63) is 68.9 Å². The van der Waals surface area contributed by atoms with Gasteiger partial charge < -0.3 is 20.3 Å². The molecule has 1 aromatic heterocycles. The van der Waals surface area contributed by atoms with Crippen LogP contribution in [0, 0.1) is 18.7 Å². The van der Waals surface area contributed by atoms with E-state index in [0.717, 1.165) is 10.1 Å². The van der Waals surface area contributed by atoms with Crippen LogP contribution in [-0.4, -0.2) is 41.2 Å². The number of carbonyl (C=O) groups is 2. The molecular weight excluding hydrogens is 365 g/mol. The predicted octanol–water partition coefficient (Wildman–Crippen LogP) is 0.814. The first-order chi connectivity index (χ1) is 13.3. The summed E-state index contributed by atoms with van der Waals surface area (Å²) < 4.78 is 15.3. The van der Waals surface area contributed by atoms with E-state index in [1.54, 1.807) is 19.1 Å². The number of nitrogens with one attached hydrogen (secondary N) is 2. The third-order valence-corrected chi connectivity index (χ3v) is 4.84. The number of rotatable bonds is 6. The molecule has 1 aromatic carbocycles. The first-order valence-electron chi connectivity index (χ1n) is 8.97. The quantitative estimate of drug-likeness (QED) is 0.683. The number of hydrogen-bond donors (Lipinski definition) is 3. The molecule has 7 nitrogen and oxygen atoms in total. The molecule has 0 saturated heterocycles. The van der Waals surface area contributed by atoms with Gasteiger partial charge in [0.05, 0.1) is 12.1 Å². The Balaban J connectivity index is 1.98. The summed E-state index contributed by atoms with van der Waals surface area (Å²) in [6.07, 6.45) is 2.00. The van der Waals surface area contributed by atoms with Crippen LogP contribution in [0.2, 0.25) is 0 Å². The number of aliphatic hydroxyl groups excluding tert-OH is 1. The Morgan fingerprint density at radius 3 is 2.68 bits per heavy atom. The first-order valence-corrected chi connectivity index (χ1v) is 8.97. The standard InChI is InChI=1S/C20H22FN3O4/c1-11-3-4-16(21)12(5-11)8-24-9-13(6-15(20(24)28)19(27)22-2)18(26)23-17-7-14(17)10-25/h3-6,9,14,17,25H,7-8,10H2,1-2H3,(H,22,27)(H,23,26)/t14-,17+/m0/s1. The van der Waals surface area contributed by atoms with Gasteiger partial charge in [0, 0.05) is 37.4 Å². The van der Waals surface area contributed by atoms with Crippen LogP contribution in [0.4, 0.5) is 4.39 Å². The van der Waals surface area contributed by atoms with Crippen molar-refractivity contribution in [2.75, 3.05) is 13.7 Å². The molecule has 0 radical (unpaired) electrons. The molecule has 2 atom stereocenters. The van der Waals surface area contributed by atoms with Gasteiger partial charge in [0.25, 0.3) is 17.4 Å². The van der Waals surface area contributed by atoms with E-state index in [1.165, 1.54) is 25.4 Å². The zero-order valence-electron chi connectivity index (χ0n) is 15.7. The van der Waals surface area contributed by atoms with Crippen molar-refractivity contribution in [3.8, 4) is 0 Å². The van der Waals surface area contributed by atoms with Crippen LogP contribution in [0.25, 0.3) is 0 Å². The molecule has 28 heavy (non-hydrogen) atoms. The second-order valence-electron chi connectivity index (χ2n) is 7.01. The Morgan fingerprint density at radius 2 is 2.04 bits per heavy atom. The van der Waals surface area contributed by atoms with E-state index in [-0.39, 0.29) is 41.8 Å². The second kappa shape index (κ2) is 7.93. The fourth-order valence-electron chi connectivity index (χ4n) is 3.06. The van der Waals surface area contributed by atoms with E-state index in [1.807, 2.05) is 0 Å². The minimum absolute atomic E-state index is 0.0133. The van der Waals surface area contributed by atoms with Gasteiger partial charge in [0.15, 0.2) is 0 Å². The van der Waals surface area contributed by atoms with E-state index in [0.29, 0.717) is 6.42 Å². The van der Waals surface area contributed by atoms with Crippen LogP contribution in [0.3, 0.4) is 0 Å².